The highest BCUT2D eigenvalue weighted by Crippen LogP contribution is 2.25. The molecule has 1 amide bonds. The summed E-state index contributed by atoms with van der Waals surface area (Å²) in [5.74, 6) is -0.0607. The van der Waals surface area contributed by atoms with Crippen molar-refractivity contribution in [1.29, 1.82) is 0 Å². The largest absolute Gasteiger partial charge is 0.349 e. The number of aryl methyl sites for hydroxylation is 4. The van der Waals surface area contributed by atoms with E-state index in [4.69, 9.17) is 0 Å². The molecule has 5 nitrogen and oxygen atoms in total. The van der Waals surface area contributed by atoms with Gasteiger partial charge in [0.05, 0.1) is 18.0 Å². The second kappa shape index (κ2) is 10.1. The number of anilines is 1. The number of amides is 1. The van der Waals surface area contributed by atoms with E-state index in [-0.39, 0.29) is 24.9 Å². The van der Waals surface area contributed by atoms with Crippen LogP contribution in [0.4, 0.5) is 5.69 Å². The van der Waals surface area contributed by atoms with Gasteiger partial charge in [-0.1, -0.05) is 37.3 Å². The van der Waals surface area contributed by atoms with Crippen LogP contribution in [-0.4, -0.2) is 27.1 Å². The van der Waals surface area contributed by atoms with Gasteiger partial charge < -0.3 is 5.32 Å². The Labute approximate surface area is 181 Å². The van der Waals surface area contributed by atoms with E-state index in [1.54, 1.807) is 0 Å². The van der Waals surface area contributed by atoms with Gasteiger partial charge >= 0.3 is 0 Å². The molecule has 2 aromatic rings. The molecule has 0 fully saturated rings. The molecule has 0 radical (unpaired) electrons. The second-order valence-electron chi connectivity index (χ2n) is 8.10. The zero-order valence-electron chi connectivity index (χ0n) is 19.0. The minimum atomic E-state index is -3.43. The Morgan fingerprint density at radius 2 is 1.67 bits per heavy atom. The lowest BCUT2D eigenvalue weighted by Gasteiger charge is -2.25. The molecule has 2 rings (SSSR count). The molecular formula is C24H34N2O3S. The van der Waals surface area contributed by atoms with E-state index in [1.165, 1.54) is 21.7 Å². The summed E-state index contributed by atoms with van der Waals surface area (Å²) in [5.41, 5.74) is 6.11. The smallest absolute Gasteiger partial charge is 0.232 e. The van der Waals surface area contributed by atoms with Crippen LogP contribution in [0.2, 0.25) is 0 Å². The Hall–Kier alpha value is -2.34. The predicted octanol–water partition coefficient (Wildman–Crippen LogP) is 4.73. The molecule has 0 aliphatic carbocycles. The minimum absolute atomic E-state index is 0.0400. The maximum atomic E-state index is 12.5. The Morgan fingerprint density at radius 3 is 2.27 bits per heavy atom. The number of carbonyl (C=O) groups excluding carboxylic acids is 1. The van der Waals surface area contributed by atoms with E-state index in [0.29, 0.717) is 12.1 Å². The van der Waals surface area contributed by atoms with Crippen molar-refractivity contribution < 1.29 is 13.2 Å². The van der Waals surface area contributed by atoms with Crippen LogP contribution in [0, 0.1) is 27.7 Å². The summed E-state index contributed by atoms with van der Waals surface area (Å²) in [6, 6.07) is 12.0. The lowest BCUT2D eigenvalue weighted by atomic mass is 9.99. The van der Waals surface area contributed by atoms with Crippen molar-refractivity contribution in [2.24, 2.45) is 0 Å². The van der Waals surface area contributed by atoms with Crippen molar-refractivity contribution in [3.05, 3.63) is 64.2 Å². The molecule has 1 N–H and O–H groups in total. The highest BCUT2D eigenvalue weighted by atomic mass is 32.2. The minimum Gasteiger partial charge on any atom is -0.349 e. The van der Waals surface area contributed by atoms with Crippen LogP contribution in [0.3, 0.4) is 0 Å². The Bertz CT molecular complexity index is 1000. The first-order valence-corrected chi connectivity index (χ1v) is 12.3. The van der Waals surface area contributed by atoms with Gasteiger partial charge in [0.15, 0.2) is 0 Å². The highest BCUT2D eigenvalue weighted by Gasteiger charge is 2.20. The quantitative estimate of drug-likeness (QED) is 0.625. The number of carbonyl (C=O) groups is 1. The molecule has 0 aliphatic rings. The molecule has 6 heteroatoms. The van der Waals surface area contributed by atoms with Gasteiger partial charge in [0.2, 0.25) is 15.9 Å². The van der Waals surface area contributed by atoms with Gasteiger partial charge in [-0.2, -0.15) is 0 Å². The fourth-order valence-corrected chi connectivity index (χ4v) is 4.52. The van der Waals surface area contributed by atoms with Crippen LogP contribution < -0.4 is 9.62 Å². The maximum absolute atomic E-state index is 12.5. The number of benzene rings is 2. The zero-order valence-corrected chi connectivity index (χ0v) is 19.8. The summed E-state index contributed by atoms with van der Waals surface area (Å²) in [5, 5.41) is 3.10. The van der Waals surface area contributed by atoms with Gasteiger partial charge in [0.25, 0.3) is 0 Å². The molecule has 0 unspecified atom stereocenters. The molecule has 0 bridgehead atoms. The summed E-state index contributed by atoms with van der Waals surface area (Å²) in [4.78, 5) is 12.5. The third-order valence-electron chi connectivity index (χ3n) is 5.48. The summed E-state index contributed by atoms with van der Waals surface area (Å²) in [6.07, 6.45) is 2.74. The molecule has 1 atom stereocenters. The van der Waals surface area contributed by atoms with Gasteiger partial charge in [-0.3, -0.25) is 9.10 Å². The number of nitrogens with zero attached hydrogens (tertiary/aromatic N) is 1. The fraction of sp³-hybridized carbons (Fsp3) is 0.458. The van der Waals surface area contributed by atoms with Gasteiger partial charge in [0, 0.05) is 13.0 Å². The van der Waals surface area contributed by atoms with Gasteiger partial charge in [-0.25, -0.2) is 8.42 Å². The standard InChI is InChI=1S/C24H34N2O3S/c1-7-22(21-13-12-18(3)20(5)16-21)25-24(27)9-8-14-26(30(6,28)29)23-15-17(2)10-11-19(23)4/h10-13,15-16,22H,7-9,14H2,1-6H3,(H,25,27)/t22-/m1/s1. The van der Waals surface area contributed by atoms with Crippen molar-refractivity contribution in [3.63, 3.8) is 0 Å². The summed E-state index contributed by atoms with van der Waals surface area (Å²) >= 11 is 0. The van der Waals surface area contributed by atoms with Gasteiger partial charge in [0.1, 0.15) is 0 Å². The van der Waals surface area contributed by atoms with Crippen LogP contribution in [0.25, 0.3) is 0 Å². The average Bonchev–Trinajstić information content (AvgIpc) is 2.67. The van der Waals surface area contributed by atoms with Crippen molar-refractivity contribution in [2.45, 2.75) is 59.9 Å². The third-order valence-corrected chi connectivity index (χ3v) is 6.66. The first-order valence-electron chi connectivity index (χ1n) is 10.4. The molecule has 0 heterocycles. The first kappa shape index (κ1) is 23.9. The average molecular weight is 431 g/mol. The van der Waals surface area contributed by atoms with E-state index in [1.807, 2.05) is 39.0 Å². The van der Waals surface area contributed by atoms with E-state index in [0.717, 1.165) is 23.1 Å². The van der Waals surface area contributed by atoms with E-state index in [9.17, 15) is 13.2 Å². The first-order chi connectivity index (χ1) is 14.0. The normalized spacial score (nSPS) is 12.5. The summed E-state index contributed by atoms with van der Waals surface area (Å²) in [7, 11) is -3.43. The van der Waals surface area contributed by atoms with Gasteiger partial charge in [-0.15, -0.1) is 0 Å². The molecular weight excluding hydrogens is 396 g/mol. The fourth-order valence-electron chi connectivity index (χ4n) is 3.51. The number of hydrogen-bond donors (Lipinski definition) is 1. The summed E-state index contributed by atoms with van der Waals surface area (Å²) in [6.45, 7) is 10.3. The van der Waals surface area contributed by atoms with Crippen LogP contribution in [0.1, 0.15) is 60.0 Å². The Balaban J connectivity index is 2.03. The SMILES string of the molecule is CC[C@@H](NC(=O)CCCN(c1cc(C)ccc1C)S(C)(=O)=O)c1ccc(C)c(C)c1. The molecule has 30 heavy (non-hydrogen) atoms. The molecule has 0 spiro atoms. The maximum Gasteiger partial charge on any atom is 0.232 e. The molecule has 0 aliphatic heterocycles. The monoisotopic (exact) mass is 430 g/mol. The Kier molecular flexibility index (Phi) is 8.07. The number of nitrogens with one attached hydrogen (secondary N) is 1. The highest BCUT2D eigenvalue weighted by molar-refractivity contribution is 7.92. The van der Waals surface area contributed by atoms with Crippen molar-refractivity contribution in [1.82, 2.24) is 5.32 Å². The van der Waals surface area contributed by atoms with Crippen LogP contribution in [0.15, 0.2) is 36.4 Å². The second-order valence-corrected chi connectivity index (χ2v) is 10.0. The number of rotatable bonds is 9. The van der Waals surface area contributed by atoms with Crippen molar-refractivity contribution in [3.8, 4) is 0 Å². The molecule has 0 saturated carbocycles. The summed E-state index contributed by atoms with van der Waals surface area (Å²) < 4.78 is 26.1. The van der Waals surface area contributed by atoms with E-state index in [2.05, 4.69) is 37.4 Å². The van der Waals surface area contributed by atoms with Crippen molar-refractivity contribution >= 4 is 21.6 Å². The zero-order chi connectivity index (χ0) is 22.5. The van der Waals surface area contributed by atoms with Crippen LogP contribution in [-0.2, 0) is 14.8 Å². The van der Waals surface area contributed by atoms with E-state index < -0.39 is 10.0 Å². The topological polar surface area (TPSA) is 66.5 Å². The number of hydrogen-bond acceptors (Lipinski definition) is 3. The third kappa shape index (κ3) is 6.33. The van der Waals surface area contributed by atoms with Crippen molar-refractivity contribution in [2.75, 3.05) is 17.1 Å². The molecule has 0 aromatic heterocycles. The molecule has 164 valence electrons. The Morgan fingerprint density at radius 1 is 1.00 bits per heavy atom. The van der Waals surface area contributed by atoms with Crippen LogP contribution >= 0.6 is 0 Å². The lowest BCUT2D eigenvalue weighted by molar-refractivity contribution is -0.121. The number of sulfonamides is 1. The van der Waals surface area contributed by atoms with E-state index >= 15 is 0 Å². The predicted molar refractivity (Wildman–Crippen MR) is 124 cm³/mol. The lowest BCUT2D eigenvalue weighted by Crippen LogP contribution is -2.33. The molecule has 2 aromatic carbocycles. The van der Waals surface area contributed by atoms with Crippen LogP contribution in [0.5, 0.6) is 0 Å². The molecule has 0 saturated heterocycles. The van der Waals surface area contributed by atoms with Gasteiger partial charge in [-0.05, 0) is 74.4 Å².